The molecule has 4 unspecified atom stereocenters. The van der Waals surface area contributed by atoms with Gasteiger partial charge in [0.15, 0.2) is 0 Å². The highest BCUT2D eigenvalue weighted by atomic mass is 16.5. The molecule has 4 heteroatoms. The molecule has 0 aromatic carbocycles. The lowest BCUT2D eigenvalue weighted by atomic mass is 9.78. The molecule has 2 fully saturated rings. The molecule has 1 saturated carbocycles. The highest BCUT2D eigenvalue weighted by molar-refractivity contribution is 5.76. The van der Waals surface area contributed by atoms with E-state index >= 15 is 0 Å². The third-order valence-electron chi connectivity index (χ3n) is 3.92. The summed E-state index contributed by atoms with van der Waals surface area (Å²) in [5.74, 6) is 0.782. The first kappa shape index (κ1) is 12.8. The first-order valence-corrected chi connectivity index (χ1v) is 6.82. The van der Waals surface area contributed by atoms with Crippen LogP contribution in [-0.2, 0) is 14.3 Å². The average molecular weight is 241 g/mol. The second-order valence-electron chi connectivity index (χ2n) is 4.88. The molecule has 0 amide bonds. The summed E-state index contributed by atoms with van der Waals surface area (Å²) in [7, 11) is 0. The number of carbonyl (C=O) groups is 1. The summed E-state index contributed by atoms with van der Waals surface area (Å²) in [4.78, 5) is 11.9. The highest BCUT2D eigenvalue weighted by Crippen LogP contribution is 2.40. The number of fused-ring (bicyclic) bond motifs is 1. The minimum atomic E-state index is -0.156. The molecule has 4 atom stereocenters. The van der Waals surface area contributed by atoms with Crippen LogP contribution >= 0.6 is 0 Å². The van der Waals surface area contributed by atoms with Crippen LogP contribution in [-0.4, -0.2) is 31.5 Å². The third kappa shape index (κ3) is 2.63. The van der Waals surface area contributed by atoms with Crippen LogP contribution in [0.3, 0.4) is 0 Å². The minimum Gasteiger partial charge on any atom is -0.465 e. The van der Waals surface area contributed by atoms with E-state index in [1.54, 1.807) is 0 Å². The monoisotopic (exact) mass is 241 g/mol. The van der Waals surface area contributed by atoms with Crippen LogP contribution in [0, 0.1) is 11.8 Å². The Hall–Kier alpha value is -0.610. The maximum absolute atomic E-state index is 11.9. The molecule has 4 nitrogen and oxygen atoms in total. The number of rotatable bonds is 4. The standard InChI is InChI=1S/C13H23NO3/c1-3-16-12-10-8-6-5-7-9(10)11(14-12)13(15)17-4-2/h9-12,14H,3-8H2,1-2H3. The fourth-order valence-electron chi connectivity index (χ4n) is 3.23. The van der Waals surface area contributed by atoms with Crippen LogP contribution in [0.2, 0.25) is 0 Å². The quantitative estimate of drug-likeness (QED) is 0.761. The molecule has 17 heavy (non-hydrogen) atoms. The number of ether oxygens (including phenoxy) is 2. The summed E-state index contributed by atoms with van der Waals surface area (Å²) in [6, 6.07) is -0.156. The molecule has 1 N–H and O–H groups in total. The van der Waals surface area contributed by atoms with Gasteiger partial charge in [0.25, 0.3) is 0 Å². The highest BCUT2D eigenvalue weighted by Gasteiger charge is 2.47. The van der Waals surface area contributed by atoms with Crippen molar-refractivity contribution in [2.24, 2.45) is 11.8 Å². The van der Waals surface area contributed by atoms with Crippen molar-refractivity contribution >= 4 is 5.97 Å². The van der Waals surface area contributed by atoms with E-state index in [4.69, 9.17) is 9.47 Å². The topological polar surface area (TPSA) is 47.6 Å². The largest absolute Gasteiger partial charge is 0.465 e. The van der Waals surface area contributed by atoms with E-state index in [0.29, 0.717) is 25.0 Å². The van der Waals surface area contributed by atoms with Crippen molar-refractivity contribution in [2.75, 3.05) is 13.2 Å². The predicted molar refractivity (Wildman–Crippen MR) is 64.4 cm³/mol. The van der Waals surface area contributed by atoms with Gasteiger partial charge in [0, 0.05) is 12.5 Å². The second kappa shape index (κ2) is 5.83. The maximum Gasteiger partial charge on any atom is 0.323 e. The first-order valence-electron chi connectivity index (χ1n) is 6.82. The van der Waals surface area contributed by atoms with Gasteiger partial charge in [-0.1, -0.05) is 12.8 Å². The molecule has 0 bridgehead atoms. The smallest absolute Gasteiger partial charge is 0.323 e. The lowest BCUT2D eigenvalue weighted by Crippen LogP contribution is -2.40. The van der Waals surface area contributed by atoms with Gasteiger partial charge in [-0.25, -0.2) is 0 Å². The Kier molecular flexibility index (Phi) is 4.40. The molecule has 0 radical (unpaired) electrons. The van der Waals surface area contributed by atoms with Gasteiger partial charge in [-0.2, -0.15) is 0 Å². The van der Waals surface area contributed by atoms with Gasteiger partial charge in [0.05, 0.1) is 6.61 Å². The van der Waals surface area contributed by atoms with Gasteiger partial charge in [-0.15, -0.1) is 0 Å². The van der Waals surface area contributed by atoms with Crippen LogP contribution in [0.25, 0.3) is 0 Å². The summed E-state index contributed by atoms with van der Waals surface area (Å²) in [5, 5.41) is 3.32. The first-order chi connectivity index (χ1) is 8.27. The van der Waals surface area contributed by atoms with E-state index in [-0.39, 0.29) is 18.2 Å². The SMILES string of the molecule is CCOC(=O)C1NC(OCC)C2CCCCC12. The fourth-order valence-corrected chi connectivity index (χ4v) is 3.23. The molecule has 1 saturated heterocycles. The molecule has 2 rings (SSSR count). The van der Waals surface area contributed by atoms with Gasteiger partial charge in [-0.3, -0.25) is 10.1 Å². The zero-order chi connectivity index (χ0) is 12.3. The summed E-state index contributed by atoms with van der Waals surface area (Å²) in [6.07, 6.45) is 4.79. The van der Waals surface area contributed by atoms with E-state index in [1.165, 1.54) is 12.8 Å². The second-order valence-corrected chi connectivity index (χ2v) is 4.88. The number of hydrogen-bond donors (Lipinski definition) is 1. The summed E-state index contributed by atoms with van der Waals surface area (Å²) >= 11 is 0. The van der Waals surface area contributed by atoms with Crippen molar-refractivity contribution in [1.29, 1.82) is 0 Å². The summed E-state index contributed by atoms with van der Waals surface area (Å²) < 4.78 is 10.9. The molecule has 0 spiro atoms. The van der Waals surface area contributed by atoms with Crippen molar-refractivity contribution < 1.29 is 14.3 Å². The van der Waals surface area contributed by atoms with Crippen LogP contribution in [0.4, 0.5) is 0 Å². The summed E-state index contributed by atoms with van der Waals surface area (Å²) in [6.45, 7) is 4.99. The van der Waals surface area contributed by atoms with E-state index in [9.17, 15) is 4.79 Å². The van der Waals surface area contributed by atoms with E-state index < -0.39 is 0 Å². The molecule has 1 heterocycles. The normalized spacial score (nSPS) is 36.6. The fraction of sp³-hybridized carbons (Fsp3) is 0.923. The number of nitrogens with one attached hydrogen (secondary N) is 1. The Balaban J connectivity index is 2.04. The van der Waals surface area contributed by atoms with Crippen LogP contribution in [0.1, 0.15) is 39.5 Å². The van der Waals surface area contributed by atoms with Gasteiger partial charge in [0.2, 0.25) is 0 Å². The Morgan fingerprint density at radius 1 is 1.18 bits per heavy atom. The molecule has 98 valence electrons. The van der Waals surface area contributed by atoms with Gasteiger partial charge in [0.1, 0.15) is 12.3 Å². The van der Waals surface area contributed by atoms with E-state index in [0.717, 1.165) is 12.8 Å². The molecular weight excluding hydrogens is 218 g/mol. The number of carbonyl (C=O) groups excluding carboxylic acids is 1. The predicted octanol–water partition coefficient (Wildman–Crippen LogP) is 1.69. The molecular formula is C13H23NO3. The van der Waals surface area contributed by atoms with Gasteiger partial charge in [-0.05, 0) is 32.6 Å². The van der Waals surface area contributed by atoms with Crippen molar-refractivity contribution in [1.82, 2.24) is 5.32 Å². The molecule has 2 aliphatic rings. The average Bonchev–Trinajstić information content (AvgIpc) is 2.70. The molecule has 0 aromatic heterocycles. The molecule has 1 aliphatic carbocycles. The maximum atomic E-state index is 11.9. The van der Waals surface area contributed by atoms with Crippen LogP contribution in [0.5, 0.6) is 0 Å². The van der Waals surface area contributed by atoms with Crippen molar-refractivity contribution in [3.05, 3.63) is 0 Å². The van der Waals surface area contributed by atoms with Crippen molar-refractivity contribution in [3.8, 4) is 0 Å². The molecule has 1 aliphatic heterocycles. The van der Waals surface area contributed by atoms with Gasteiger partial charge < -0.3 is 9.47 Å². The Labute approximate surface area is 103 Å². The number of esters is 1. The molecule has 0 aromatic rings. The lowest BCUT2D eigenvalue weighted by molar-refractivity contribution is -0.146. The van der Waals surface area contributed by atoms with Crippen LogP contribution in [0.15, 0.2) is 0 Å². The number of hydrogen-bond acceptors (Lipinski definition) is 4. The lowest BCUT2D eigenvalue weighted by Gasteiger charge is -2.28. The van der Waals surface area contributed by atoms with Gasteiger partial charge >= 0.3 is 5.97 Å². The van der Waals surface area contributed by atoms with Crippen LogP contribution < -0.4 is 5.32 Å². The Bertz CT molecular complexity index is 269. The van der Waals surface area contributed by atoms with E-state index in [1.807, 2.05) is 13.8 Å². The zero-order valence-corrected chi connectivity index (χ0v) is 10.8. The minimum absolute atomic E-state index is 0.0414. The Morgan fingerprint density at radius 3 is 2.53 bits per heavy atom. The zero-order valence-electron chi connectivity index (χ0n) is 10.8. The Morgan fingerprint density at radius 2 is 1.88 bits per heavy atom. The van der Waals surface area contributed by atoms with Crippen molar-refractivity contribution in [2.45, 2.75) is 51.8 Å². The third-order valence-corrected chi connectivity index (χ3v) is 3.92. The van der Waals surface area contributed by atoms with Crippen molar-refractivity contribution in [3.63, 3.8) is 0 Å². The summed E-state index contributed by atoms with van der Waals surface area (Å²) in [5.41, 5.74) is 0. The van der Waals surface area contributed by atoms with E-state index in [2.05, 4.69) is 5.32 Å².